The van der Waals surface area contributed by atoms with Crippen molar-refractivity contribution in [3.05, 3.63) is 29.8 Å². The smallest absolute Gasteiger partial charge is 0.226 e. The second kappa shape index (κ2) is 10.2. The van der Waals surface area contributed by atoms with Crippen molar-refractivity contribution in [2.24, 2.45) is 11.8 Å². The molecule has 1 amide bonds. The van der Waals surface area contributed by atoms with Gasteiger partial charge in [0.05, 0.1) is 13.0 Å². The molecular weight excluding hydrogens is 348 g/mol. The van der Waals surface area contributed by atoms with E-state index in [1.54, 1.807) is 0 Å². The molecule has 2 aliphatic rings. The number of benzene rings is 1. The zero-order valence-corrected chi connectivity index (χ0v) is 16.9. The van der Waals surface area contributed by atoms with Gasteiger partial charge in [-0.3, -0.25) is 4.79 Å². The van der Waals surface area contributed by atoms with Gasteiger partial charge in [0, 0.05) is 19.1 Å². The zero-order chi connectivity index (χ0) is 17.6. The third-order valence-corrected chi connectivity index (χ3v) is 5.10. The summed E-state index contributed by atoms with van der Waals surface area (Å²) in [5.74, 6) is 2.57. The first-order valence-electron chi connectivity index (χ1n) is 9.83. The summed E-state index contributed by atoms with van der Waals surface area (Å²) in [5.41, 5.74) is 1.07. The molecule has 1 heterocycles. The molecule has 0 radical (unpaired) electrons. The number of nitrogens with zero attached hydrogens (tertiary/aromatic N) is 1. The Morgan fingerprint density at radius 3 is 2.38 bits per heavy atom. The van der Waals surface area contributed by atoms with Crippen molar-refractivity contribution < 1.29 is 9.53 Å². The summed E-state index contributed by atoms with van der Waals surface area (Å²) < 4.78 is 5.70. The molecule has 1 aliphatic carbocycles. The fraction of sp³-hybridized carbons (Fsp3) is 0.667. The van der Waals surface area contributed by atoms with E-state index in [0.29, 0.717) is 18.4 Å². The van der Waals surface area contributed by atoms with Crippen LogP contribution in [0.15, 0.2) is 24.3 Å². The fourth-order valence-electron chi connectivity index (χ4n) is 3.24. The molecule has 1 aromatic rings. The van der Waals surface area contributed by atoms with Crippen LogP contribution in [0.1, 0.15) is 45.1 Å². The van der Waals surface area contributed by atoms with Crippen LogP contribution < -0.4 is 10.1 Å². The highest BCUT2D eigenvalue weighted by atomic mass is 35.5. The number of rotatable bonds is 8. The first-order valence-corrected chi connectivity index (χ1v) is 9.83. The van der Waals surface area contributed by atoms with Gasteiger partial charge >= 0.3 is 0 Å². The Labute approximate surface area is 164 Å². The summed E-state index contributed by atoms with van der Waals surface area (Å²) in [6, 6.07) is 8.56. The summed E-state index contributed by atoms with van der Waals surface area (Å²) in [7, 11) is 0. The molecule has 1 aliphatic heterocycles. The minimum atomic E-state index is 0. The number of hydrogen-bond donors (Lipinski definition) is 1. The van der Waals surface area contributed by atoms with Gasteiger partial charge in [-0.25, -0.2) is 0 Å². The lowest BCUT2D eigenvalue weighted by Gasteiger charge is -2.32. The van der Waals surface area contributed by atoms with E-state index in [2.05, 4.69) is 19.2 Å². The van der Waals surface area contributed by atoms with Crippen molar-refractivity contribution in [1.29, 1.82) is 0 Å². The molecule has 1 saturated carbocycles. The van der Waals surface area contributed by atoms with Crippen LogP contribution in [0.4, 0.5) is 0 Å². The van der Waals surface area contributed by atoms with Crippen molar-refractivity contribution in [2.45, 2.75) is 52.0 Å². The molecule has 3 rings (SSSR count). The quantitative estimate of drug-likeness (QED) is 0.748. The number of nitrogens with one attached hydrogen (secondary N) is 1. The molecule has 1 saturated heterocycles. The van der Waals surface area contributed by atoms with Gasteiger partial charge in [0.25, 0.3) is 0 Å². The van der Waals surface area contributed by atoms with Crippen LogP contribution in [0.5, 0.6) is 5.75 Å². The second-order valence-electron chi connectivity index (χ2n) is 8.03. The van der Waals surface area contributed by atoms with Gasteiger partial charge in [-0.1, -0.05) is 26.0 Å². The van der Waals surface area contributed by atoms with Gasteiger partial charge in [0.2, 0.25) is 5.91 Å². The van der Waals surface area contributed by atoms with Crippen LogP contribution >= 0.6 is 12.4 Å². The normalized spacial score (nSPS) is 17.9. The van der Waals surface area contributed by atoms with Crippen molar-refractivity contribution >= 4 is 18.3 Å². The number of hydrogen-bond acceptors (Lipinski definition) is 3. The molecule has 146 valence electrons. The largest absolute Gasteiger partial charge is 0.493 e. The van der Waals surface area contributed by atoms with Gasteiger partial charge in [0.1, 0.15) is 5.75 Å². The maximum atomic E-state index is 12.5. The summed E-state index contributed by atoms with van der Waals surface area (Å²) in [6.07, 6.45) is 5.45. The van der Waals surface area contributed by atoms with Crippen LogP contribution in [0.3, 0.4) is 0 Å². The number of carbonyl (C=O) groups is 1. The maximum absolute atomic E-state index is 12.5. The molecule has 4 nitrogen and oxygen atoms in total. The molecule has 0 aromatic heterocycles. The van der Waals surface area contributed by atoms with E-state index in [1.165, 1.54) is 19.4 Å². The third-order valence-electron chi connectivity index (χ3n) is 5.10. The number of piperidine rings is 1. The highest BCUT2D eigenvalue weighted by molar-refractivity contribution is 5.85. The molecule has 0 bridgehead atoms. The number of likely N-dealkylation sites (tertiary alicyclic amines) is 1. The number of ether oxygens (including phenoxy) is 1. The second-order valence-corrected chi connectivity index (χ2v) is 8.03. The summed E-state index contributed by atoms with van der Waals surface area (Å²) in [5, 5.41) is 3.67. The van der Waals surface area contributed by atoms with E-state index in [-0.39, 0.29) is 18.3 Å². The molecular formula is C21H33ClN2O2. The van der Waals surface area contributed by atoms with Crippen LogP contribution in [-0.2, 0) is 11.2 Å². The van der Waals surface area contributed by atoms with E-state index in [1.807, 2.05) is 29.2 Å². The summed E-state index contributed by atoms with van der Waals surface area (Å²) in [6.45, 7) is 7.94. The predicted molar refractivity (Wildman–Crippen MR) is 108 cm³/mol. The van der Waals surface area contributed by atoms with Gasteiger partial charge in [-0.05, 0) is 61.8 Å². The lowest BCUT2D eigenvalue weighted by molar-refractivity contribution is -0.131. The Kier molecular flexibility index (Phi) is 8.23. The van der Waals surface area contributed by atoms with Gasteiger partial charge in [0.15, 0.2) is 0 Å². The third kappa shape index (κ3) is 6.81. The summed E-state index contributed by atoms with van der Waals surface area (Å²) in [4.78, 5) is 14.6. The van der Waals surface area contributed by atoms with E-state index < -0.39 is 0 Å². The molecule has 0 unspecified atom stereocenters. The maximum Gasteiger partial charge on any atom is 0.226 e. The average molecular weight is 381 g/mol. The standard InChI is InChI=1S/C21H32N2O2.ClH/c1-16(2)15-25-20-7-5-17(6-8-20)13-21(24)23-11-9-19(10-12-23)22-14-18-3-4-18;/h5-8,16,18-19,22H,3-4,9-15H2,1-2H3;1H. The SMILES string of the molecule is CC(C)COc1ccc(CC(=O)N2CCC(NCC3CC3)CC2)cc1.Cl. The Balaban J connectivity index is 0.00000243. The van der Waals surface area contributed by atoms with E-state index in [9.17, 15) is 4.79 Å². The van der Waals surface area contributed by atoms with Crippen molar-refractivity contribution in [1.82, 2.24) is 10.2 Å². The van der Waals surface area contributed by atoms with Gasteiger partial charge in [-0.2, -0.15) is 0 Å². The molecule has 1 aromatic carbocycles. The first-order chi connectivity index (χ1) is 12.1. The van der Waals surface area contributed by atoms with E-state index in [4.69, 9.17) is 4.74 Å². The monoisotopic (exact) mass is 380 g/mol. The van der Waals surface area contributed by atoms with Crippen LogP contribution in [0.25, 0.3) is 0 Å². The van der Waals surface area contributed by atoms with Crippen molar-refractivity contribution in [2.75, 3.05) is 26.2 Å². The van der Waals surface area contributed by atoms with Crippen LogP contribution in [-0.4, -0.2) is 43.1 Å². The van der Waals surface area contributed by atoms with Crippen molar-refractivity contribution in [3.63, 3.8) is 0 Å². The molecule has 0 spiro atoms. The van der Waals surface area contributed by atoms with Crippen LogP contribution in [0.2, 0.25) is 0 Å². The lowest BCUT2D eigenvalue weighted by Crippen LogP contribution is -2.45. The number of amides is 1. The molecule has 0 atom stereocenters. The van der Waals surface area contributed by atoms with Crippen LogP contribution in [0, 0.1) is 11.8 Å². The Morgan fingerprint density at radius 2 is 1.81 bits per heavy atom. The minimum Gasteiger partial charge on any atom is -0.493 e. The number of carbonyl (C=O) groups excluding carboxylic acids is 1. The fourth-order valence-corrected chi connectivity index (χ4v) is 3.24. The lowest BCUT2D eigenvalue weighted by atomic mass is 10.0. The molecule has 2 fully saturated rings. The first kappa shape index (κ1) is 21.0. The highest BCUT2D eigenvalue weighted by Gasteiger charge is 2.25. The van der Waals surface area contributed by atoms with E-state index >= 15 is 0 Å². The number of halogens is 1. The summed E-state index contributed by atoms with van der Waals surface area (Å²) >= 11 is 0. The highest BCUT2D eigenvalue weighted by Crippen LogP contribution is 2.28. The Hall–Kier alpha value is -1.26. The predicted octanol–water partition coefficient (Wildman–Crippen LogP) is 3.68. The average Bonchev–Trinajstić information content (AvgIpc) is 3.44. The molecule has 5 heteroatoms. The minimum absolute atomic E-state index is 0. The van der Waals surface area contributed by atoms with Gasteiger partial charge < -0.3 is 15.0 Å². The Morgan fingerprint density at radius 1 is 1.15 bits per heavy atom. The van der Waals surface area contributed by atoms with E-state index in [0.717, 1.165) is 49.8 Å². The topological polar surface area (TPSA) is 41.6 Å². The zero-order valence-electron chi connectivity index (χ0n) is 16.1. The van der Waals surface area contributed by atoms with Gasteiger partial charge in [-0.15, -0.1) is 12.4 Å². The van der Waals surface area contributed by atoms with Crippen molar-refractivity contribution in [3.8, 4) is 5.75 Å². The Bertz CT molecular complexity index is 550. The molecule has 26 heavy (non-hydrogen) atoms. The molecule has 1 N–H and O–H groups in total.